The number of para-hydroxylation sites is 9. The Balaban J connectivity index is 0.000000104. The van der Waals surface area contributed by atoms with Crippen molar-refractivity contribution in [2.24, 2.45) is 0 Å². The van der Waals surface area contributed by atoms with Gasteiger partial charge < -0.3 is 27.4 Å². The van der Waals surface area contributed by atoms with Gasteiger partial charge in [-0.3, -0.25) is 0 Å². The lowest BCUT2D eigenvalue weighted by Crippen LogP contribution is -1.99. The molecule has 6 nitrogen and oxygen atoms in total. The Hall–Kier alpha value is -18.6. The highest BCUT2D eigenvalue weighted by Crippen LogP contribution is 2.52. The second-order valence-electron chi connectivity index (χ2n) is 38.6. The summed E-state index contributed by atoms with van der Waals surface area (Å²) in [6.45, 7) is 0. The molecule has 0 spiro atoms. The van der Waals surface area contributed by atoms with Gasteiger partial charge in [-0.25, -0.2) is 8.78 Å². The van der Waals surface area contributed by atoms with Crippen molar-refractivity contribution in [3.05, 3.63) is 521 Å². The zero-order valence-corrected chi connectivity index (χ0v) is 82.6. The number of halogens is 2. The number of hydrogen-bond acceptors (Lipinski definition) is 3. The number of fused-ring (bicyclic) bond motifs is 27. The number of nitrogens with zero attached hydrogens (tertiary/aromatic N) is 6. The summed E-state index contributed by atoms with van der Waals surface area (Å²) in [6, 6.07) is 182. The Bertz CT molecular complexity index is 11100. The molecule has 11 heteroatoms. The van der Waals surface area contributed by atoms with E-state index in [0.717, 1.165) is 76.4 Å². The molecule has 32 aromatic rings. The van der Waals surface area contributed by atoms with Crippen molar-refractivity contribution in [1.29, 1.82) is 0 Å². The van der Waals surface area contributed by atoms with Gasteiger partial charge >= 0.3 is 0 Å². The first kappa shape index (κ1) is 85.9. The minimum absolute atomic E-state index is 0.160. The fourth-order valence-corrected chi connectivity index (χ4v) is 27.7. The van der Waals surface area contributed by atoms with Crippen LogP contribution >= 0.6 is 34.0 Å². The molecule has 9 heterocycles. The molecule has 0 bridgehead atoms. The molecule has 698 valence electrons. The highest BCUT2D eigenvalue weighted by Gasteiger charge is 2.29. The molecule has 0 saturated heterocycles. The minimum Gasteiger partial charge on any atom is -0.309 e. The summed E-state index contributed by atoms with van der Waals surface area (Å²) in [4.78, 5) is 0. The zero-order valence-electron chi connectivity index (χ0n) is 80.2. The monoisotopic (exact) mass is 1960 g/mol. The molecule has 0 aliphatic heterocycles. The van der Waals surface area contributed by atoms with Gasteiger partial charge in [-0.15, -0.1) is 34.0 Å². The van der Waals surface area contributed by atoms with E-state index in [0.29, 0.717) is 4.70 Å². The Morgan fingerprint density at radius 2 is 0.436 bits per heavy atom. The fourth-order valence-electron chi connectivity index (χ4n) is 23.9. The average Bonchev–Trinajstić information content (AvgIpc) is 1.53. The van der Waals surface area contributed by atoms with E-state index < -0.39 is 0 Å². The Kier molecular flexibility index (Phi) is 19.9. The predicted octanol–water partition coefficient (Wildman–Crippen LogP) is 39.4. The van der Waals surface area contributed by atoms with E-state index in [1.54, 1.807) is 35.6 Å². The van der Waals surface area contributed by atoms with E-state index in [4.69, 9.17) is 0 Å². The summed E-state index contributed by atoms with van der Waals surface area (Å²) >= 11 is 5.08. The van der Waals surface area contributed by atoms with Crippen LogP contribution in [-0.2, 0) is 0 Å². The maximum absolute atomic E-state index is 14.7. The Labute approximate surface area is 865 Å². The van der Waals surface area contributed by atoms with E-state index in [2.05, 4.69) is 501 Å². The van der Waals surface area contributed by atoms with Gasteiger partial charge in [0.1, 0.15) is 11.6 Å². The van der Waals surface area contributed by atoms with Crippen molar-refractivity contribution in [1.82, 2.24) is 27.4 Å². The maximum atomic E-state index is 14.7. The van der Waals surface area contributed by atoms with Crippen molar-refractivity contribution >= 4 is 225 Å². The van der Waals surface area contributed by atoms with E-state index in [9.17, 15) is 8.78 Å². The largest absolute Gasteiger partial charge is 0.309 e. The molecular formula is C138H84F2N6S3. The van der Waals surface area contributed by atoms with E-state index in [1.165, 1.54) is 211 Å². The van der Waals surface area contributed by atoms with Gasteiger partial charge in [-0.2, -0.15) is 0 Å². The summed E-state index contributed by atoms with van der Waals surface area (Å²) in [5, 5.41) is 21.9. The van der Waals surface area contributed by atoms with Crippen molar-refractivity contribution in [3.8, 4) is 89.8 Å². The first-order valence-corrected chi connectivity index (χ1v) is 52.9. The van der Waals surface area contributed by atoms with Crippen molar-refractivity contribution in [2.75, 3.05) is 0 Å². The number of rotatable bonds is 11. The van der Waals surface area contributed by atoms with Crippen LogP contribution in [0.25, 0.3) is 281 Å². The first-order chi connectivity index (χ1) is 73.8. The molecule has 0 radical (unpaired) electrons. The third-order valence-corrected chi connectivity index (χ3v) is 34.2. The zero-order chi connectivity index (χ0) is 98.2. The molecule has 9 aromatic heterocycles. The van der Waals surface area contributed by atoms with Crippen LogP contribution in [0.4, 0.5) is 8.78 Å². The maximum Gasteiger partial charge on any atom is 0.141 e. The third-order valence-electron chi connectivity index (χ3n) is 30.5. The number of thiophene rings is 3. The lowest BCUT2D eigenvalue weighted by Gasteiger charge is -2.17. The quantitative estimate of drug-likeness (QED) is 0.124. The smallest absolute Gasteiger partial charge is 0.141 e. The van der Waals surface area contributed by atoms with Gasteiger partial charge in [0.25, 0.3) is 0 Å². The molecule has 0 atom stereocenters. The van der Waals surface area contributed by atoms with Crippen LogP contribution in [0, 0.1) is 11.6 Å². The van der Waals surface area contributed by atoms with E-state index in [-0.39, 0.29) is 11.6 Å². The average molecular weight is 1960 g/mol. The summed E-state index contributed by atoms with van der Waals surface area (Å²) in [6.07, 6.45) is 0. The lowest BCUT2D eigenvalue weighted by molar-refractivity contribution is 0.630. The van der Waals surface area contributed by atoms with Gasteiger partial charge in [0.05, 0.1) is 70.9 Å². The molecule has 149 heavy (non-hydrogen) atoms. The van der Waals surface area contributed by atoms with Crippen LogP contribution in [0.15, 0.2) is 510 Å². The van der Waals surface area contributed by atoms with Gasteiger partial charge in [0.2, 0.25) is 0 Å². The van der Waals surface area contributed by atoms with E-state index >= 15 is 0 Å². The van der Waals surface area contributed by atoms with Crippen molar-refractivity contribution in [3.63, 3.8) is 0 Å². The minimum atomic E-state index is -0.197. The molecule has 0 aliphatic carbocycles. The van der Waals surface area contributed by atoms with Crippen LogP contribution in [0.5, 0.6) is 0 Å². The van der Waals surface area contributed by atoms with Gasteiger partial charge in [0, 0.05) is 160 Å². The molecule has 23 aromatic carbocycles. The van der Waals surface area contributed by atoms with Crippen LogP contribution in [0.3, 0.4) is 0 Å². The molecule has 0 N–H and O–H groups in total. The standard InChI is InChI=1S/C54H34N2S.2C42H25FN2S/c1-3-15-35(16-4-1)37-17-13-18-38(33-37)51-52-46(42-21-7-10-26-48(42)55(52)39-19-5-2-6-20-39)34-47-43-22-8-11-27-49(43)56(53(47)51)40-31-29-36(30-32-40)41-24-14-25-45-44-23-9-12-28-50(44)57-54(41)45;43-36-17-9-16-33-32-15-8-14-29(41(32)46-42(33)36)26-20-22-28(23-21-26)45-38-19-7-5-13-31(38)35-24-34-30-12-4-6-18-37(30)44(39(34)25-40(35)45)27-10-2-1-3-11-27;43-27-19-22-33-34-14-8-13-30(42(34)46-41(33)23-27)26-17-20-29(21-18-26)45-38-16-7-5-12-32(38)36-24-35-31-11-4-6-15-37(31)44(39(35)25-40(36)45)28-9-2-1-3-10-28/h1-34H;2*1-25H. The topological polar surface area (TPSA) is 29.6 Å². The summed E-state index contributed by atoms with van der Waals surface area (Å²) in [7, 11) is 0. The highest BCUT2D eigenvalue weighted by molar-refractivity contribution is 7.27. The molecule has 0 fully saturated rings. The molecular weight excluding hydrogens is 1880 g/mol. The van der Waals surface area contributed by atoms with Crippen LogP contribution in [0.2, 0.25) is 0 Å². The fraction of sp³-hybridized carbons (Fsp3) is 0. The molecule has 0 amide bonds. The first-order valence-electron chi connectivity index (χ1n) is 50.4. The number of benzene rings is 23. The van der Waals surface area contributed by atoms with Gasteiger partial charge in [0.15, 0.2) is 0 Å². The normalized spacial score (nSPS) is 12.0. The predicted molar refractivity (Wildman–Crippen MR) is 631 cm³/mol. The van der Waals surface area contributed by atoms with Crippen molar-refractivity contribution in [2.45, 2.75) is 0 Å². The molecule has 0 unspecified atom stereocenters. The highest BCUT2D eigenvalue weighted by atomic mass is 32.1. The summed E-state index contributed by atoms with van der Waals surface area (Å²) in [5.74, 6) is -0.357. The Morgan fingerprint density at radius 3 is 0.866 bits per heavy atom. The third kappa shape index (κ3) is 13.7. The Morgan fingerprint density at radius 1 is 0.148 bits per heavy atom. The molecule has 0 aliphatic rings. The van der Waals surface area contributed by atoms with E-state index in [1.807, 2.05) is 23.5 Å². The van der Waals surface area contributed by atoms with Crippen LogP contribution < -0.4 is 0 Å². The second kappa shape index (κ2) is 34.6. The van der Waals surface area contributed by atoms with Gasteiger partial charge in [-0.05, 0) is 220 Å². The molecule has 32 rings (SSSR count). The second-order valence-corrected chi connectivity index (χ2v) is 41.8. The SMILES string of the molecule is Fc1ccc2c(c1)sc1c(-c3ccc(-n4c5ccccc5c5cc6c7ccccc7n(-c7ccccc7)c6cc54)cc3)cccc12.Fc1cccc2c1sc1c(-c3ccc(-n4c5ccccc5c5cc6c7ccccc7n(-c7ccccc7)c6cc54)cc3)cccc12.c1ccc(-c2cccc(-c3c4c(cc5c6ccccc6n(-c6ccc(-c7cccc8c7sc7ccccc78)cc6)c35)c3ccccc3n4-c3ccccc3)c2)cc1. The van der Waals surface area contributed by atoms with Gasteiger partial charge in [-0.1, -0.05) is 340 Å². The molecule has 0 saturated carbocycles. The van der Waals surface area contributed by atoms with Crippen LogP contribution in [-0.4, -0.2) is 27.4 Å². The van der Waals surface area contributed by atoms with Crippen molar-refractivity contribution < 1.29 is 8.78 Å². The summed E-state index contributed by atoms with van der Waals surface area (Å²) in [5.41, 5.74) is 32.9. The summed E-state index contributed by atoms with van der Waals surface area (Å²) < 4.78 is 49.9. The number of aromatic nitrogens is 6. The van der Waals surface area contributed by atoms with Crippen LogP contribution in [0.1, 0.15) is 0 Å². The lowest BCUT2D eigenvalue weighted by atomic mass is 9.95. The number of hydrogen-bond donors (Lipinski definition) is 0.